The molecule has 34 heavy (non-hydrogen) atoms. The lowest BCUT2D eigenvalue weighted by Crippen LogP contribution is -2.39. The first-order chi connectivity index (χ1) is 16.4. The molecule has 2 aliphatic rings. The van der Waals surface area contributed by atoms with Crippen molar-refractivity contribution in [3.63, 3.8) is 0 Å². The van der Waals surface area contributed by atoms with E-state index < -0.39 is 42.4 Å². The standard InChI is InChI=1S/C23H27N3O8/c27-13-16-19(18(29)22(34-16)26-11-9-17(28)24-23(26)32)33-12-6-2-1-5-10-25-20(30)14-7-3-4-8-15(14)21(25)31/h3-4,7-9,11,16,18-19,22,27,29H,1-2,5-6,10,12-13H2,(H,24,28,32)/t16-,18+,19?,22-/m1/s1. The second-order valence-electron chi connectivity index (χ2n) is 8.31. The molecule has 4 atom stereocenters. The number of rotatable bonds is 10. The van der Waals surface area contributed by atoms with Gasteiger partial charge in [-0.05, 0) is 25.0 Å². The number of fused-ring (bicyclic) bond motifs is 1. The lowest BCUT2D eigenvalue weighted by molar-refractivity contribution is -0.0626. The largest absolute Gasteiger partial charge is 0.394 e. The van der Waals surface area contributed by atoms with Crippen molar-refractivity contribution in [3.05, 3.63) is 68.5 Å². The van der Waals surface area contributed by atoms with Crippen LogP contribution in [0, 0.1) is 0 Å². The summed E-state index contributed by atoms with van der Waals surface area (Å²) in [6.07, 6.45) is 0.128. The van der Waals surface area contributed by atoms with Crippen LogP contribution in [0.2, 0.25) is 0 Å². The van der Waals surface area contributed by atoms with Crippen LogP contribution >= 0.6 is 0 Å². The number of aliphatic hydroxyl groups is 2. The van der Waals surface area contributed by atoms with E-state index in [9.17, 15) is 29.4 Å². The Kier molecular flexibility index (Phi) is 7.37. The molecule has 2 aromatic rings. The summed E-state index contributed by atoms with van der Waals surface area (Å²) in [6, 6.07) is 7.93. The number of aromatic nitrogens is 2. The summed E-state index contributed by atoms with van der Waals surface area (Å²) in [5, 5.41) is 20.2. The van der Waals surface area contributed by atoms with Crippen molar-refractivity contribution in [3.8, 4) is 0 Å². The Morgan fingerprint density at radius 3 is 2.29 bits per heavy atom. The van der Waals surface area contributed by atoms with Crippen molar-refractivity contribution in [1.82, 2.24) is 14.5 Å². The highest BCUT2D eigenvalue weighted by atomic mass is 16.6. The zero-order valence-corrected chi connectivity index (χ0v) is 18.5. The summed E-state index contributed by atoms with van der Waals surface area (Å²) in [6.45, 7) is 0.239. The van der Waals surface area contributed by atoms with E-state index >= 15 is 0 Å². The smallest absolute Gasteiger partial charge is 0.330 e. The number of nitrogens with zero attached hydrogens (tertiary/aromatic N) is 2. The molecule has 1 saturated heterocycles. The lowest BCUT2D eigenvalue weighted by Gasteiger charge is -2.20. The molecular formula is C23H27N3O8. The number of amides is 2. The highest BCUT2D eigenvalue weighted by Crippen LogP contribution is 2.30. The SMILES string of the molecule is O=C1c2ccccc2C(=O)N1CCCCCCOC1[C@@H](CO)O[C@@H](n2ccc(=O)[nH]c2=O)[C@H]1O. The molecule has 1 aromatic heterocycles. The Balaban J connectivity index is 1.20. The number of aliphatic hydroxyl groups excluding tert-OH is 2. The van der Waals surface area contributed by atoms with Gasteiger partial charge in [0.25, 0.3) is 17.4 Å². The molecule has 4 rings (SSSR count). The van der Waals surface area contributed by atoms with Crippen molar-refractivity contribution in [2.75, 3.05) is 19.8 Å². The van der Waals surface area contributed by atoms with Crippen LogP contribution in [0.15, 0.2) is 46.1 Å². The van der Waals surface area contributed by atoms with E-state index in [0.717, 1.165) is 23.5 Å². The van der Waals surface area contributed by atoms with Crippen molar-refractivity contribution in [1.29, 1.82) is 0 Å². The molecule has 0 radical (unpaired) electrons. The maximum atomic E-state index is 12.4. The van der Waals surface area contributed by atoms with Gasteiger partial charge in [0.2, 0.25) is 0 Å². The topological polar surface area (TPSA) is 151 Å². The number of unbranched alkanes of at least 4 members (excludes halogenated alkanes) is 3. The number of ether oxygens (including phenoxy) is 2. The van der Waals surface area contributed by atoms with Crippen molar-refractivity contribution >= 4 is 11.8 Å². The number of nitrogens with one attached hydrogen (secondary N) is 1. The fourth-order valence-electron chi connectivity index (χ4n) is 4.32. The zero-order chi connectivity index (χ0) is 24.2. The normalized spacial score (nSPS) is 24.1. The molecule has 182 valence electrons. The highest BCUT2D eigenvalue weighted by molar-refractivity contribution is 6.21. The third-order valence-electron chi connectivity index (χ3n) is 6.08. The molecule has 1 unspecified atom stereocenters. The van der Waals surface area contributed by atoms with Gasteiger partial charge in [0.05, 0.1) is 17.7 Å². The van der Waals surface area contributed by atoms with E-state index in [1.807, 2.05) is 0 Å². The Morgan fingerprint density at radius 1 is 0.971 bits per heavy atom. The van der Waals surface area contributed by atoms with Crippen LogP contribution in [0.3, 0.4) is 0 Å². The molecule has 11 heteroatoms. The van der Waals surface area contributed by atoms with E-state index in [0.29, 0.717) is 37.1 Å². The Morgan fingerprint density at radius 2 is 1.65 bits per heavy atom. The second-order valence-corrected chi connectivity index (χ2v) is 8.31. The number of benzene rings is 1. The van der Waals surface area contributed by atoms with Gasteiger partial charge in [-0.3, -0.25) is 28.8 Å². The van der Waals surface area contributed by atoms with Gasteiger partial charge in [-0.2, -0.15) is 0 Å². The van der Waals surface area contributed by atoms with Gasteiger partial charge >= 0.3 is 5.69 Å². The minimum Gasteiger partial charge on any atom is -0.394 e. The van der Waals surface area contributed by atoms with E-state index in [1.54, 1.807) is 24.3 Å². The fourth-order valence-corrected chi connectivity index (χ4v) is 4.32. The van der Waals surface area contributed by atoms with Crippen LogP contribution in [0.4, 0.5) is 0 Å². The van der Waals surface area contributed by atoms with E-state index in [2.05, 4.69) is 4.98 Å². The molecule has 0 saturated carbocycles. The maximum Gasteiger partial charge on any atom is 0.330 e. The average Bonchev–Trinajstić information content (AvgIpc) is 3.27. The molecule has 11 nitrogen and oxygen atoms in total. The van der Waals surface area contributed by atoms with Gasteiger partial charge in [0.15, 0.2) is 6.23 Å². The van der Waals surface area contributed by atoms with Crippen molar-refractivity contribution in [2.24, 2.45) is 0 Å². The first kappa shape index (κ1) is 24.0. The van der Waals surface area contributed by atoms with E-state index in [1.165, 1.54) is 11.1 Å². The second kappa shape index (κ2) is 10.4. The predicted molar refractivity (Wildman–Crippen MR) is 118 cm³/mol. The quantitative estimate of drug-likeness (QED) is 0.323. The number of hydrogen-bond acceptors (Lipinski definition) is 8. The van der Waals surface area contributed by atoms with Crippen molar-refractivity contribution < 1.29 is 29.3 Å². The minimum atomic E-state index is -1.21. The van der Waals surface area contributed by atoms with Gasteiger partial charge in [0.1, 0.15) is 18.3 Å². The maximum absolute atomic E-state index is 12.4. The third kappa shape index (κ3) is 4.73. The average molecular weight is 473 g/mol. The van der Waals surface area contributed by atoms with Crippen LogP contribution in [0.25, 0.3) is 0 Å². The number of imide groups is 1. The fraction of sp³-hybridized carbons (Fsp3) is 0.478. The summed E-state index contributed by atoms with van der Waals surface area (Å²) in [7, 11) is 0. The van der Waals surface area contributed by atoms with Gasteiger partial charge in [0, 0.05) is 25.4 Å². The molecule has 2 amide bonds. The van der Waals surface area contributed by atoms with Crippen LogP contribution < -0.4 is 11.2 Å². The molecule has 0 spiro atoms. The summed E-state index contributed by atoms with van der Waals surface area (Å²) in [5.74, 6) is -0.518. The minimum absolute atomic E-state index is 0.259. The summed E-state index contributed by atoms with van der Waals surface area (Å²) in [5.41, 5.74) is -0.409. The molecule has 1 aromatic carbocycles. The van der Waals surface area contributed by atoms with E-state index in [4.69, 9.17) is 9.47 Å². The number of aromatic amines is 1. The molecule has 3 heterocycles. The van der Waals surface area contributed by atoms with Gasteiger partial charge in [-0.15, -0.1) is 0 Å². The zero-order valence-electron chi connectivity index (χ0n) is 18.5. The molecule has 2 aliphatic heterocycles. The predicted octanol–water partition coefficient (Wildman–Crippen LogP) is 0.0290. The number of hydrogen-bond donors (Lipinski definition) is 3. The summed E-state index contributed by atoms with van der Waals surface area (Å²) in [4.78, 5) is 51.4. The first-order valence-electron chi connectivity index (χ1n) is 11.2. The van der Waals surface area contributed by atoms with Crippen molar-refractivity contribution in [2.45, 2.75) is 50.2 Å². The van der Waals surface area contributed by atoms with Crippen LogP contribution in [0.5, 0.6) is 0 Å². The highest BCUT2D eigenvalue weighted by Gasteiger charge is 2.45. The summed E-state index contributed by atoms with van der Waals surface area (Å²) >= 11 is 0. The molecular weight excluding hydrogens is 446 g/mol. The third-order valence-corrected chi connectivity index (χ3v) is 6.08. The van der Waals surface area contributed by atoms with Gasteiger partial charge in [-0.25, -0.2) is 4.79 Å². The Bertz CT molecular complexity index is 1120. The summed E-state index contributed by atoms with van der Waals surface area (Å²) < 4.78 is 12.4. The molecule has 1 fully saturated rings. The molecule has 0 aliphatic carbocycles. The van der Waals surface area contributed by atoms with Gasteiger partial charge in [-0.1, -0.05) is 25.0 Å². The van der Waals surface area contributed by atoms with Crippen LogP contribution in [0.1, 0.15) is 52.6 Å². The number of H-pyrrole nitrogens is 1. The molecule has 3 N–H and O–H groups in total. The Hall–Kier alpha value is -3.12. The van der Waals surface area contributed by atoms with Crippen LogP contribution in [-0.2, 0) is 9.47 Å². The van der Waals surface area contributed by atoms with E-state index in [-0.39, 0.29) is 11.8 Å². The van der Waals surface area contributed by atoms with Crippen LogP contribution in [-0.4, -0.2) is 74.5 Å². The van der Waals surface area contributed by atoms with Gasteiger partial charge < -0.3 is 19.7 Å². The Labute approximate surface area is 194 Å². The first-order valence-corrected chi connectivity index (χ1v) is 11.2. The molecule has 0 bridgehead atoms. The number of carbonyl (C=O) groups is 2. The number of carbonyl (C=O) groups excluding carboxylic acids is 2. The lowest BCUT2D eigenvalue weighted by atomic mass is 10.1. The monoisotopic (exact) mass is 473 g/mol.